The van der Waals surface area contributed by atoms with Crippen LogP contribution in [0.2, 0.25) is 5.02 Å². The van der Waals surface area contributed by atoms with Gasteiger partial charge in [-0.15, -0.1) is 0 Å². The lowest BCUT2D eigenvalue weighted by Crippen LogP contribution is -2.44. The van der Waals surface area contributed by atoms with E-state index in [1.54, 1.807) is 30.3 Å². The minimum atomic E-state index is -4.43. The lowest BCUT2D eigenvalue weighted by atomic mass is 10.1. The Kier molecular flexibility index (Phi) is 5.02. The zero-order chi connectivity index (χ0) is 19.9. The molecule has 0 saturated carbocycles. The molecule has 1 aliphatic heterocycles. The number of hydrogen-bond donors (Lipinski definition) is 0. The molecule has 1 aliphatic rings. The van der Waals surface area contributed by atoms with Gasteiger partial charge < -0.3 is 14.4 Å². The number of aromatic nitrogens is 1. The van der Waals surface area contributed by atoms with Gasteiger partial charge in [0.2, 0.25) is 0 Å². The van der Waals surface area contributed by atoms with Gasteiger partial charge in [0.05, 0.1) is 5.52 Å². The molecule has 2 heterocycles. The van der Waals surface area contributed by atoms with Crippen LogP contribution >= 0.6 is 11.6 Å². The second kappa shape index (κ2) is 7.33. The minimum absolute atomic E-state index is 0.116. The molecular weight excluding hydrogens is 387 g/mol. The van der Waals surface area contributed by atoms with Crippen LogP contribution < -0.4 is 4.90 Å². The van der Waals surface area contributed by atoms with E-state index in [2.05, 4.69) is 16.8 Å². The SMILES string of the molecule is CN1CCN(c2cccc3c2cc(C(F)(F)F)n3Cc2cccc(Cl)c2)CC1. The van der Waals surface area contributed by atoms with Gasteiger partial charge in [-0.3, -0.25) is 0 Å². The van der Waals surface area contributed by atoms with E-state index in [-0.39, 0.29) is 6.54 Å². The van der Waals surface area contributed by atoms with Crippen LogP contribution in [0.5, 0.6) is 0 Å². The second-order valence-corrected chi connectivity index (χ2v) is 7.68. The molecule has 1 aromatic heterocycles. The van der Waals surface area contributed by atoms with Crippen LogP contribution in [0.4, 0.5) is 18.9 Å². The fraction of sp³-hybridized carbons (Fsp3) is 0.333. The molecule has 1 fully saturated rings. The third kappa shape index (κ3) is 3.71. The van der Waals surface area contributed by atoms with Crippen molar-refractivity contribution in [3.05, 3.63) is 64.8 Å². The van der Waals surface area contributed by atoms with Gasteiger partial charge in [-0.2, -0.15) is 13.2 Å². The van der Waals surface area contributed by atoms with E-state index in [1.165, 1.54) is 10.6 Å². The molecule has 0 N–H and O–H groups in total. The van der Waals surface area contributed by atoms with Crippen molar-refractivity contribution >= 4 is 28.2 Å². The number of halogens is 4. The number of piperazine rings is 1. The van der Waals surface area contributed by atoms with Crippen molar-refractivity contribution in [2.45, 2.75) is 12.7 Å². The van der Waals surface area contributed by atoms with Gasteiger partial charge in [0, 0.05) is 48.8 Å². The van der Waals surface area contributed by atoms with E-state index in [0.717, 1.165) is 37.4 Å². The van der Waals surface area contributed by atoms with E-state index in [1.807, 2.05) is 12.1 Å². The lowest BCUT2D eigenvalue weighted by Gasteiger charge is -2.34. The van der Waals surface area contributed by atoms with Crippen molar-refractivity contribution in [3.8, 4) is 0 Å². The van der Waals surface area contributed by atoms with Crippen LogP contribution in [0.1, 0.15) is 11.3 Å². The molecule has 1 saturated heterocycles. The van der Waals surface area contributed by atoms with E-state index in [4.69, 9.17) is 11.6 Å². The first-order valence-corrected chi connectivity index (χ1v) is 9.58. The molecule has 0 radical (unpaired) electrons. The number of nitrogens with zero attached hydrogens (tertiary/aromatic N) is 3. The summed E-state index contributed by atoms with van der Waals surface area (Å²) in [5.41, 5.74) is 1.55. The fourth-order valence-electron chi connectivity index (χ4n) is 3.82. The monoisotopic (exact) mass is 407 g/mol. The summed E-state index contributed by atoms with van der Waals surface area (Å²) in [7, 11) is 2.06. The first-order chi connectivity index (χ1) is 13.3. The number of likely N-dealkylation sites (N-methyl/N-ethyl adjacent to an activating group) is 1. The van der Waals surface area contributed by atoms with Crippen LogP contribution in [0.3, 0.4) is 0 Å². The summed E-state index contributed by atoms with van der Waals surface area (Å²) in [5.74, 6) is 0. The number of alkyl halides is 3. The fourth-order valence-corrected chi connectivity index (χ4v) is 4.03. The Hall–Kier alpha value is -2.18. The molecule has 0 atom stereocenters. The zero-order valence-corrected chi connectivity index (χ0v) is 16.3. The summed E-state index contributed by atoms with van der Waals surface area (Å²) >= 11 is 6.03. The van der Waals surface area contributed by atoms with Crippen LogP contribution in [-0.4, -0.2) is 42.7 Å². The highest BCUT2D eigenvalue weighted by Crippen LogP contribution is 2.38. The number of anilines is 1. The Balaban J connectivity index is 1.82. The zero-order valence-electron chi connectivity index (χ0n) is 15.5. The summed E-state index contributed by atoms with van der Waals surface area (Å²) in [6, 6.07) is 13.8. The van der Waals surface area contributed by atoms with Crippen LogP contribution in [0, 0.1) is 0 Å². The Morgan fingerprint density at radius 1 is 0.964 bits per heavy atom. The normalized spacial score (nSPS) is 16.1. The maximum absolute atomic E-state index is 13.8. The molecule has 7 heteroatoms. The predicted octanol–water partition coefficient (Wildman–Crippen LogP) is 5.11. The largest absolute Gasteiger partial charge is 0.431 e. The average molecular weight is 408 g/mol. The summed E-state index contributed by atoms with van der Waals surface area (Å²) in [5, 5.41) is 1.15. The number of fused-ring (bicyclic) bond motifs is 1. The minimum Gasteiger partial charge on any atom is -0.368 e. The summed E-state index contributed by atoms with van der Waals surface area (Å²) in [6.07, 6.45) is -4.43. The van der Waals surface area contributed by atoms with Gasteiger partial charge in [-0.1, -0.05) is 29.8 Å². The highest BCUT2D eigenvalue weighted by molar-refractivity contribution is 6.30. The molecule has 3 nitrogen and oxygen atoms in total. The van der Waals surface area contributed by atoms with Crippen molar-refractivity contribution in [1.82, 2.24) is 9.47 Å². The Morgan fingerprint density at radius 3 is 2.36 bits per heavy atom. The van der Waals surface area contributed by atoms with Crippen molar-refractivity contribution in [1.29, 1.82) is 0 Å². The summed E-state index contributed by atoms with van der Waals surface area (Å²) < 4.78 is 42.8. The van der Waals surface area contributed by atoms with E-state index < -0.39 is 11.9 Å². The molecule has 0 amide bonds. The van der Waals surface area contributed by atoms with Crippen LogP contribution in [0.25, 0.3) is 10.9 Å². The molecule has 0 spiro atoms. The predicted molar refractivity (Wildman–Crippen MR) is 107 cm³/mol. The van der Waals surface area contributed by atoms with E-state index in [0.29, 0.717) is 15.9 Å². The van der Waals surface area contributed by atoms with Gasteiger partial charge in [-0.25, -0.2) is 0 Å². The van der Waals surface area contributed by atoms with Gasteiger partial charge in [0.25, 0.3) is 0 Å². The van der Waals surface area contributed by atoms with Crippen molar-refractivity contribution in [2.75, 3.05) is 38.1 Å². The third-order valence-electron chi connectivity index (χ3n) is 5.29. The van der Waals surface area contributed by atoms with E-state index in [9.17, 15) is 13.2 Å². The molecule has 28 heavy (non-hydrogen) atoms. The number of hydrogen-bond acceptors (Lipinski definition) is 2. The van der Waals surface area contributed by atoms with Crippen molar-refractivity contribution in [3.63, 3.8) is 0 Å². The highest BCUT2D eigenvalue weighted by atomic mass is 35.5. The Bertz CT molecular complexity index is 988. The summed E-state index contributed by atoms with van der Waals surface area (Å²) in [6.45, 7) is 3.51. The van der Waals surface area contributed by atoms with Crippen LogP contribution in [0.15, 0.2) is 48.5 Å². The maximum atomic E-state index is 13.8. The number of benzene rings is 2. The first-order valence-electron chi connectivity index (χ1n) is 9.20. The van der Waals surface area contributed by atoms with E-state index >= 15 is 0 Å². The maximum Gasteiger partial charge on any atom is 0.431 e. The molecular formula is C21H21ClF3N3. The Labute approximate surface area is 166 Å². The van der Waals surface area contributed by atoms with Gasteiger partial charge in [0.15, 0.2) is 0 Å². The lowest BCUT2D eigenvalue weighted by molar-refractivity contribution is -0.143. The summed E-state index contributed by atoms with van der Waals surface area (Å²) in [4.78, 5) is 4.40. The molecule has 0 bridgehead atoms. The topological polar surface area (TPSA) is 11.4 Å². The molecule has 3 aromatic rings. The average Bonchev–Trinajstić information content (AvgIpc) is 3.02. The molecule has 148 valence electrons. The molecule has 0 unspecified atom stereocenters. The van der Waals surface area contributed by atoms with Gasteiger partial charge in [0.1, 0.15) is 5.69 Å². The van der Waals surface area contributed by atoms with Gasteiger partial charge in [-0.05, 0) is 42.9 Å². The highest BCUT2D eigenvalue weighted by Gasteiger charge is 2.36. The van der Waals surface area contributed by atoms with Crippen molar-refractivity contribution in [2.24, 2.45) is 0 Å². The van der Waals surface area contributed by atoms with Gasteiger partial charge >= 0.3 is 6.18 Å². The first kappa shape index (κ1) is 19.2. The molecule has 4 rings (SSSR count). The number of rotatable bonds is 3. The quantitative estimate of drug-likeness (QED) is 0.597. The third-order valence-corrected chi connectivity index (χ3v) is 5.52. The molecule has 0 aliphatic carbocycles. The molecule has 2 aromatic carbocycles. The standard InChI is InChI=1S/C21H21ClF3N3/c1-26-8-10-27(11-9-26)18-6-3-7-19-17(18)13-20(21(23,24)25)28(19)14-15-4-2-5-16(22)12-15/h2-7,12-13H,8-11,14H2,1H3. The van der Waals surface area contributed by atoms with Crippen LogP contribution in [-0.2, 0) is 12.7 Å². The van der Waals surface area contributed by atoms with Crippen molar-refractivity contribution < 1.29 is 13.2 Å². The Morgan fingerprint density at radius 2 is 1.68 bits per heavy atom. The smallest absolute Gasteiger partial charge is 0.368 e. The second-order valence-electron chi connectivity index (χ2n) is 7.24.